The maximum atomic E-state index is 13.2. The Morgan fingerprint density at radius 3 is 2.67 bits per heavy atom. The van der Waals surface area contributed by atoms with E-state index in [2.05, 4.69) is 26.1 Å². The van der Waals surface area contributed by atoms with Crippen LogP contribution in [-0.4, -0.2) is 22.1 Å². The van der Waals surface area contributed by atoms with E-state index in [-0.39, 0.29) is 11.8 Å². The molecule has 0 radical (unpaired) electrons. The monoisotopic (exact) mass is 365 g/mol. The molecule has 0 saturated heterocycles. The molecule has 0 fully saturated rings. The van der Waals surface area contributed by atoms with Crippen molar-refractivity contribution in [2.45, 2.75) is 12.3 Å². The van der Waals surface area contributed by atoms with Crippen molar-refractivity contribution in [3.63, 3.8) is 0 Å². The molecule has 2 aromatic carbocycles. The van der Waals surface area contributed by atoms with Crippen LogP contribution in [0.4, 0.5) is 26.4 Å². The van der Waals surface area contributed by atoms with Crippen LogP contribution >= 0.6 is 0 Å². The number of nitrogens with one attached hydrogen (secondary N) is 4. The SMILES string of the molecule is O=C1CC(c2ccc(NC(=O)Nc3cccc(F)c3)cc2)c2cn[nH]c2N1. The summed E-state index contributed by atoms with van der Waals surface area (Å²) in [5, 5.41) is 14.8. The lowest BCUT2D eigenvalue weighted by molar-refractivity contribution is -0.116. The van der Waals surface area contributed by atoms with Crippen LogP contribution in [0.3, 0.4) is 0 Å². The predicted molar refractivity (Wildman–Crippen MR) is 99.2 cm³/mol. The van der Waals surface area contributed by atoms with Crippen molar-refractivity contribution in [3.05, 3.63) is 71.7 Å². The maximum Gasteiger partial charge on any atom is 0.323 e. The molecule has 3 aromatic rings. The number of benzene rings is 2. The number of hydrogen-bond acceptors (Lipinski definition) is 3. The molecule has 1 aliphatic heterocycles. The molecule has 1 aromatic heterocycles. The number of urea groups is 1. The van der Waals surface area contributed by atoms with Gasteiger partial charge >= 0.3 is 6.03 Å². The van der Waals surface area contributed by atoms with Crippen LogP contribution in [0.25, 0.3) is 0 Å². The molecule has 2 heterocycles. The number of aromatic amines is 1. The minimum atomic E-state index is -0.470. The first-order valence-corrected chi connectivity index (χ1v) is 8.35. The highest BCUT2D eigenvalue weighted by molar-refractivity contribution is 5.99. The molecule has 4 N–H and O–H groups in total. The van der Waals surface area contributed by atoms with E-state index in [0.717, 1.165) is 11.1 Å². The summed E-state index contributed by atoms with van der Waals surface area (Å²) in [5.74, 6) is 0.0244. The molecule has 0 aliphatic carbocycles. The van der Waals surface area contributed by atoms with E-state index in [4.69, 9.17) is 0 Å². The molecule has 1 unspecified atom stereocenters. The van der Waals surface area contributed by atoms with Crippen molar-refractivity contribution in [2.24, 2.45) is 0 Å². The minimum Gasteiger partial charge on any atom is -0.311 e. The zero-order chi connectivity index (χ0) is 18.8. The van der Waals surface area contributed by atoms with Gasteiger partial charge in [-0.25, -0.2) is 9.18 Å². The fourth-order valence-corrected chi connectivity index (χ4v) is 3.10. The van der Waals surface area contributed by atoms with Gasteiger partial charge in [-0.1, -0.05) is 18.2 Å². The number of rotatable bonds is 3. The molecular formula is C19H16FN5O2. The number of hydrogen-bond donors (Lipinski definition) is 4. The number of carbonyl (C=O) groups is 2. The van der Waals surface area contributed by atoms with Gasteiger partial charge < -0.3 is 16.0 Å². The second kappa shape index (κ2) is 6.91. The van der Waals surface area contributed by atoms with E-state index in [1.165, 1.54) is 18.2 Å². The number of aromatic nitrogens is 2. The summed E-state index contributed by atoms with van der Waals surface area (Å²) in [4.78, 5) is 23.9. The van der Waals surface area contributed by atoms with Crippen LogP contribution in [0, 0.1) is 5.82 Å². The standard InChI is InChI=1S/C19H16FN5O2/c20-12-2-1-3-14(8-12)23-19(27)22-13-6-4-11(5-7-13)15-9-17(26)24-18-16(15)10-21-25-18/h1-8,10,15H,9H2,(H2,22,23,27)(H2,21,24,25,26). The van der Waals surface area contributed by atoms with Gasteiger partial charge in [0.1, 0.15) is 11.6 Å². The van der Waals surface area contributed by atoms with Crippen LogP contribution in [0.1, 0.15) is 23.5 Å². The van der Waals surface area contributed by atoms with Crippen molar-refractivity contribution in [2.75, 3.05) is 16.0 Å². The molecule has 136 valence electrons. The topological polar surface area (TPSA) is 98.9 Å². The normalized spacial score (nSPS) is 15.6. The van der Waals surface area contributed by atoms with Gasteiger partial charge in [-0.15, -0.1) is 0 Å². The third-order valence-corrected chi connectivity index (χ3v) is 4.35. The number of H-pyrrole nitrogens is 1. The molecule has 4 rings (SSSR count). The van der Waals surface area contributed by atoms with Gasteiger partial charge in [0.15, 0.2) is 0 Å². The summed E-state index contributed by atoms with van der Waals surface area (Å²) in [6, 6.07) is 12.4. The molecule has 3 amide bonds. The molecule has 0 bridgehead atoms. The van der Waals surface area contributed by atoms with Gasteiger partial charge in [-0.05, 0) is 35.9 Å². The lowest BCUT2D eigenvalue weighted by Crippen LogP contribution is -2.23. The zero-order valence-electron chi connectivity index (χ0n) is 14.1. The van der Waals surface area contributed by atoms with E-state index in [0.29, 0.717) is 23.6 Å². The van der Waals surface area contributed by atoms with Crippen LogP contribution in [0.2, 0.25) is 0 Å². The summed E-state index contributed by atoms with van der Waals surface area (Å²) >= 11 is 0. The number of halogens is 1. The summed E-state index contributed by atoms with van der Waals surface area (Å²) in [6.07, 6.45) is 2.04. The van der Waals surface area contributed by atoms with Gasteiger partial charge in [0.05, 0.1) is 6.20 Å². The summed E-state index contributed by atoms with van der Waals surface area (Å²) in [6.45, 7) is 0. The molecule has 8 heteroatoms. The van der Waals surface area contributed by atoms with E-state index >= 15 is 0 Å². The lowest BCUT2D eigenvalue weighted by Gasteiger charge is -2.22. The number of carbonyl (C=O) groups excluding carboxylic acids is 2. The Balaban J connectivity index is 1.45. The number of nitrogens with zero attached hydrogens (tertiary/aromatic N) is 1. The summed E-state index contributed by atoms with van der Waals surface area (Å²) in [7, 11) is 0. The number of anilines is 3. The Morgan fingerprint density at radius 2 is 1.89 bits per heavy atom. The quantitative estimate of drug-likeness (QED) is 0.570. The van der Waals surface area contributed by atoms with Crippen molar-refractivity contribution >= 4 is 29.1 Å². The predicted octanol–water partition coefficient (Wildman–Crippen LogP) is 3.67. The fraction of sp³-hybridized carbons (Fsp3) is 0.105. The Morgan fingerprint density at radius 1 is 1.11 bits per heavy atom. The van der Waals surface area contributed by atoms with E-state index in [1.807, 2.05) is 12.1 Å². The van der Waals surface area contributed by atoms with Crippen molar-refractivity contribution < 1.29 is 14.0 Å². The maximum absolute atomic E-state index is 13.2. The lowest BCUT2D eigenvalue weighted by atomic mass is 9.87. The smallest absolute Gasteiger partial charge is 0.311 e. The zero-order valence-corrected chi connectivity index (χ0v) is 14.1. The molecule has 1 atom stereocenters. The van der Waals surface area contributed by atoms with E-state index in [1.54, 1.807) is 24.4 Å². The second-order valence-electron chi connectivity index (χ2n) is 6.22. The van der Waals surface area contributed by atoms with Gasteiger partial charge in [-0.3, -0.25) is 9.89 Å². The molecular weight excluding hydrogens is 349 g/mol. The number of amides is 3. The highest BCUT2D eigenvalue weighted by Crippen LogP contribution is 2.35. The average Bonchev–Trinajstić information content (AvgIpc) is 3.10. The van der Waals surface area contributed by atoms with E-state index in [9.17, 15) is 14.0 Å². The van der Waals surface area contributed by atoms with Crippen LogP contribution in [0.5, 0.6) is 0 Å². The van der Waals surface area contributed by atoms with Crippen LogP contribution in [-0.2, 0) is 4.79 Å². The average molecular weight is 365 g/mol. The molecule has 27 heavy (non-hydrogen) atoms. The third kappa shape index (κ3) is 3.64. The number of fused-ring (bicyclic) bond motifs is 1. The van der Waals surface area contributed by atoms with Gasteiger partial charge in [0.25, 0.3) is 0 Å². The molecule has 1 aliphatic rings. The van der Waals surface area contributed by atoms with E-state index < -0.39 is 11.8 Å². The highest BCUT2D eigenvalue weighted by atomic mass is 19.1. The first-order chi connectivity index (χ1) is 13.1. The molecule has 0 saturated carbocycles. The minimum absolute atomic E-state index is 0.0755. The van der Waals surface area contributed by atoms with Gasteiger partial charge in [0, 0.05) is 29.3 Å². The van der Waals surface area contributed by atoms with Gasteiger partial charge in [-0.2, -0.15) is 5.10 Å². The fourth-order valence-electron chi connectivity index (χ4n) is 3.10. The molecule has 0 spiro atoms. The van der Waals surface area contributed by atoms with Crippen molar-refractivity contribution in [1.82, 2.24) is 10.2 Å². The summed E-state index contributed by atoms with van der Waals surface area (Å²) < 4.78 is 13.2. The van der Waals surface area contributed by atoms with Crippen LogP contribution < -0.4 is 16.0 Å². The molecule has 7 nitrogen and oxygen atoms in total. The van der Waals surface area contributed by atoms with Gasteiger partial charge in [0.2, 0.25) is 5.91 Å². The van der Waals surface area contributed by atoms with Crippen molar-refractivity contribution in [1.29, 1.82) is 0 Å². The highest BCUT2D eigenvalue weighted by Gasteiger charge is 2.27. The summed E-state index contributed by atoms with van der Waals surface area (Å²) in [5.41, 5.74) is 2.83. The first kappa shape index (κ1) is 16.8. The van der Waals surface area contributed by atoms with Crippen molar-refractivity contribution in [3.8, 4) is 0 Å². The second-order valence-corrected chi connectivity index (χ2v) is 6.22. The Kier molecular flexibility index (Phi) is 4.29. The largest absolute Gasteiger partial charge is 0.323 e. The first-order valence-electron chi connectivity index (χ1n) is 8.35. The Bertz CT molecular complexity index is 999. The Hall–Kier alpha value is -3.68. The third-order valence-electron chi connectivity index (χ3n) is 4.35. The Labute approximate surface area is 154 Å². The van der Waals surface area contributed by atoms with Crippen LogP contribution in [0.15, 0.2) is 54.7 Å².